The average Bonchev–Trinajstić information content (AvgIpc) is 3.26. The van der Waals surface area contributed by atoms with Crippen molar-refractivity contribution in [3.05, 3.63) is 65.7 Å². The number of nitrogens with one attached hydrogen (secondary N) is 1. The van der Waals surface area contributed by atoms with Crippen molar-refractivity contribution in [2.45, 2.75) is 30.3 Å². The van der Waals surface area contributed by atoms with Crippen molar-refractivity contribution in [1.29, 1.82) is 0 Å². The first-order valence-corrected chi connectivity index (χ1v) is 10.1. The highest BCUT2D eigenvalue weighted by molar-refractivity contribution is 8.00. The van der Waals surface area contributed by atoms with Crippen molar-refractivity contribution in [1.82, 2.24) is 10.2 Å². The van der Waals surface area contributed by atoms with Crippen LogP contribution in [0.25, 0.3) is 0 Å². The predicted molar refractivity (Wildman–Crippen MR) is 105 cm³/mol. The molecule has 1 N–H and O–H groups in total. The summed E-state index contributed by atoms with van der Waals surface area (Å²) in [5.74, 6) is 1.30. The van der Waals surface area contributed by atoms with Crippen molar-refractivity contribution in [3.63, 3.8) is 0 Å². The van der Waals surface area contributed by atoms with Crippen LogP contribution >= 0.6 is 11.8 Å². The molecule has 2 atom stereocenters. The maximum Gasteiger partial charge on any atom is 0.244 e. The summed E-state index contributed by atoms with van der Waals surface area (Å²) in [6, 6.07) is 17.2. The zero-order chi connectivity index (χ0) is 18.9. The lowest BCUT2D eigenvalue weighted by atomic mass is 10.0. The van der Waals surface area contributed by atoms with Gasteiger partial charge in [-0.1, -0.05) is 48.5 Å². The Labute approximate surface area is 163 Å². The van der Waals surface area contributed by atoms with E-state index >= 15 is 0 Å². The van der Waals surface area contributed by atoms with Gasteiger partial charge in [0.05, 0.1) is 7.11 Å². The van der Waals surface area contributed by atoms with Crippen molar-refractivity contribution < 1.29 is 14.3 Å². The Morgan fingerprint density at radius 2 is 1.96 bits per heavy atom. The number of fused-ring (bicyclic) bond motifs is 1. The standard InChI is InChI=1S/C21H22N2O3S/c1-26-18-10-6-5-7-15(18)13-22-20(25)17-14-27-21(12-11-19(24)23(17)21)16-8-3-2-4-9-16/h2-10,17H,11-14H2,1H3,(H,22,25)/t17-,21-/m0/s1. The number of nitrogens with zero attached hydrogens (tertiary/aromatic N) is 1. The molecule has 4 rings (SSSR count). The van der Waals surface area contributed by atoms with E-state index in [9.17, 15) is 9.59 Å². The molecule has 0 unspecified atom stereocenters. The van der Waals surface area contributed by atoms with Crippen LogP contribution in [0.2, 0.25) is 0 Å². The molecule has 2 fully saturated rings. The van der Waals surface area contributed by atoms with Crippen LogP contribution in [0.15, 0.2) is 54.6 Å². The van der Waals surface area contributed by atoms with Gasteiger partial charge in [0, 0.05) is 24.3 Å². The van der Waals surface area contributed by atoms with Crippen LogP contribution in [-0.2, 0) is 21.0 Å². The molecule has 0 spiro atoms. The molecule has 0 saturated carbocycles. The van der Waals surface area contributed by atoms with Crippen molar-refractivity contribution >= 4 is 23.6 Å². The van der Waals surface area contributed by atoms with Crippen LogP contribution in [0.5, 0.6) is 5.75 Å². The lowest BCUT2D eigenvalue weighted by molar-refractivity contribution is -0.138. The summed E-state index contributed by atoms with van der Waals surface area (Å²) in [7, 11) is 1.62. The van der Waals surface area contributed by atoms with Gasteiger partial charge in [-0.25, -0.2) is 0 Å². The first kappa shape index (κ1) is 17.9. The Kier molecular flexibility index (Phi) is 4.83. The van der Waals surface area contributed by atoms with Gasteiger partial charge in [-0.05, 0) is 18.1 Å². The molecule has 2 amide bonds. The fourth-order valence-corrected chi connectivity index (χ4v) is 5.64. The normalized spacial score (nSPS) is 24.0. The third-order valence-corrected chi connectivity index (χ3v) is 6.90. The number of carbonyl (C=O) groups is 2. The molecule has 2 saturated heterocycles. The molecule has 2 heterocycles. The SMILES string of the molecule is COc1ccccc1CNC(=O)[C@@H]1CS[C@]2(c3ccccc3)CCC(=O)N12. The fraction of sp³-hybridized carbons (Fsp3) is 0.333. The summed E-state index contributed by atoms with van der Waals surface area (Å²) in [5, 5.41) is 2.99. The molecule has 140 valence electrons. The van der Waals surface area contributed by atoms with Crippen LogP contribution < -0.4 is 10.1 Å². The summed E-state index contributed by atoms with van der Waals surface area (Å²) in [4.78, 5) is 27.0. The van der Waals surface area contributed by atoms with Crippen LogP contribution in [0.3, 0.4) is 0 Å². The van der Waals surface area contributed by atoms with Gasteiger partial charge in [0.1, 0.15) is 16.7 Å². The van der Waals surface area contributed by atoms with Crippen molar-refractivity contribution in [2.24, 2.45) is 0 Å². The zero-order valence-electron chi connectivity index (χ0n) is 15.2. The molecule has 0 bridgehead atoms. The Morgan fingerprint density at radius 3 is 2.74 bits per heavy atom. The first-order chi connectivity index (χ1) is 13.2. The number of rotatable bonds is 5. The van der Waals surface area contributed by atoms with E-state index in [1.807, 2.05) is 59.5 Å². The molecule has 0 aromatic heterocycles. The number of hydrogen-bond acceptors (Lipinski definition) is 4. The minimum absolute atomic E-state index is 0.0568. The number of amides is 2. The maximum atomic E-state index is 12.9. The number of thioether (sulfide) groups is 1. The molecular formula is C21H22N2O3S. The van der Waals surface area contributed by atoms with E-state index in [2.05, 4.69) is 5.32 Å². The van der Waals surface area contributed by atoms with Crippen LogP contribution in [0.4, 0.5) is 0 Å². The van der Waals surface area contributed by atoms with E-state index in [4.69, 9.17) is 4.74 Å². The summed E-state index contributed by atoms with van der Waals surface area (Å²) >= 11 is 1.70. The molecule has 0 radical (unpaired) electrons. The van der Waals surface area contributed by atoms with Gasteiger partial charge in [-0.15, -0.1) is 11.8 Å². The minimum Gasteiger partial charge on any atom is -0.496 e. The molecule has 27 heavy (non-hydrogen) atoms. The second-order valence-electron chi connectivity index (χ2n) is 6.77. The van der Waals surface area contributed by atoms with Crippen molar-refractivity contribution in [3.8, 4) is 5.75 Å². The van der Waals surface area contributed by atoms with Crippen LogP contribution in [-0.4, -0.2) is 35.6 Å². The predicted octanol–water partition coefficient (Wildman–Crippen LogP) is 2.90. The molecule has 2 aliphatic heterocycles. The number of benzene rings is 2. The summed E-state index contributed by atoms with van der Waals surface area (Å²) in [5.41, 5.74) is 2.02. The smallest absolute Gasteiger partial charge is 0.244 e. The summed E-state index contributed by atoms with van der Waals surface area (Å²) in [6.45, 7) is 0.379. The lowest BCUT2D eigenvalue weighted by Crippen LogP contribution is -2.49. The topological polar surface area (TPSA) is 58.6 Å². The van der Waals surface area contributed by atoms with Gasteiger partial charge >= 0.3 is 0 Å². The summed E-state index contributed by atoms with van der Waals surface area (Å²) < 4.78 is 5.34. The molecule has 2 aromatic carbocycles. The second-order valence-corrected chi connectivity index (χ2v) is 8.07. The molecule has 2 aromatic rings. The van der Waals surface area contributed by atoms with Gasteiger partial charge in [0.2, 0.25) is 11.8 Å². The highest BCUT2D eigenvalue weighted by Crippen LogP contribution is 2.54. The van der Waals surface area contributed by atoms with E-state index in [1.165, 1.54) is 0 Å². The average molecular weight is 382 g/mol. The largest absolute Gasteiger partial charge is 0.496 e. The third kappa shape index (κ3) is 3.08. The Hall–Kier alpha value is -2.47. The van der Waals surface area contributed by atoms with Crippen molar-refractivity contribution in [2.75, 3.05) is 12.9 Å². The third-order valence-electron chi connectivity index (χ3n) is 5.30. The first-order valence-electron chi connectivity index (χ1n) is 9.07. The molecule has 5 nitrogen and oxygen atoms in total. The number of ether oxygens (including phenoxy) is 1. The van der Waals surface area contributed by atoms with E-state index in [-0.39, 0.29) is 11.8 Å². The Balaban J connectivity index is 1.53. The van der Waals surface area contributed by atoms with Crippen LogP contribution in [0.1, 0.15) is 24.0 Å². The minimum atomic E-state index is -0.445. The maximum absolute atomic E-state index is 12.9. The zero-order valence-corrected chi connectivity index (χ0v) is 16.0. The van der Waals surface area contributed by atoms with E-state index < -0.39 is 10.9 Å². The number of carbonyl (C=O) groups excluding carboxylic acids is 2. The quantitative estimate of drug-likeness (QED) is 0.864. The van der Waals surface area contributed by atoms with Gasteiger partial charge in [0.15, 0.2) is 0 Å². The Morgan fingerprint density at radius 1 is 1.22 bits per heavy atom. The molecular weight excluding hydrogens is 360 g/mol. The van der Waals surface area contributed by atoms with E-state index in [1.54, 1.807) is 18.9 Å². The highest BCUT2D eigenvalue weighted by Gasteiger charge is 2.56. The highest BCUT2D eigenvalue weighted by atomic mass is 32.2. The number of para-hydroxylation sites is 1. The van der Waals surface area contributed by atoms with Crippen LogP contribution in [0, 0.1) is 0 Å². The van der Waals surface area contributed by atoms with Gasteiger partial charge < -0.3 is 15.0 Å². The fourth-order valence-electron chi connectivity index (χ4n) is 3.98. The lowest BCUT2D eigenvalue weighted by Gasteiger charge is -2.34. The number of hydrogen-bond donors (Lipinski definition) is 1. The van der Waals surface area contributed by atoms with Gasteiger partial charge in [-0.2, -0.15) is 0 Å². The molecule has 0 aliphatic carbocycles. The number of methoxy groups -OCH3 is 1. The van der Waals surface area contributed by atoms with E-state index in [0.29, 0.717) is 18.7 Å². The van der Waals surface area contributed by atoms with E-state index in [0.717, 1.165) is 23.3 Å². The molecule has 6 heteroatoms. The monoisotopic (exact) mass is 382 g/mol. The summed E-state index contributed by atoms with van der Waals surface area (Å²) in [6.07, 6.45) is 1.23. The Bertz CT molecular complexity index is 858. The van der Waals surface area contributed by atoms with Gasteiger partial charge in [-0.3, -0.25) is 9.59 Å². The second kappa shape index (κ2) is 7.27. The molecule has 2 aliphatic rings. The van der Waals surface area contributed by atoms with Gasteiger partial charge in [0.25, 0.3) is 0 Å².